The molecule has 1 heterocycles. The van der Waals surface area contributed by atoms with Crippen LogP contribution in [0.25, 0.3) is 10.9 Å². The standard InChI is InChI=1S/C20H24N4O2/c1-26-16-9-7-15(8-10-16)11-13-22-20-23-18-6-3-2-5-17(18)19(24-20)21-12-4-14-25/h2-3,5-10,25H,4,11-14H2,1H3,(H2,21,22,23,24). The molecule has 0 spiro atoms. The topological polar surface area (TPSA) is 79.3 Å². The van der Waals surface area contributed by atoms with Crippen molar-refractivity contribution in [3.8, 4) is 5.75 Å². The number of anilines is 2. The summed E-state index contributed by atoms with van der Waals surface area (Å²) >= 11 is 0. The van der Waals surface area contributed by atoms with Crippen molar-refractivity contribution in [2.24, 2.45) is 0 Å². The molecule has 2 aromatic carbocycles. The van der Waals surface area contributed by atoms with Crippen LogP contribution in [0.4, 0.5) is 11.8 Å². The molecule has 0 aliphatic rings. The van der Waals surface area contributed by atoms with Gasteiger partial charge < -0.3 is 20.5 Å². The van der Waals surface area contributed by atoms with Gasteiger partial charge in [-0.3, -0.25) is 0 Å². The lowest BCUT2D eigenvalue weighted by Gasteiger charge is -2.11. The van der Waals surface area contributed by atoms with E-state index in [1.165, 1.54) is 5.56 Å². The summed E-state index contributed by atoms with van der Waals surface area (Å²) in [7, 11) is 1.67. The van der Waals surface area contributed by atoms with Crippen LogP contribution in [0.5, 0.6) is 5.75 Å². The van der Waals surface area contributed by atoms with E-state index in [2.05, 4.69) is 32.7 Å². The van der Waals surface area contributed by atoms with Crippen LogP contribution in [0.3, 0.4) is 0 Å². The molecule has 0 radical (unpaired) electrons. The minimum Gasteiger partial charge on any atom is -0.497 e. The van der Waals surface area contributed by atoms with Crippen LogP contribution in [0, 0.1) is 0 Å². The Morgan fingerprint density at radius 1 is 0.962 bits per heavy atom. The van der Waals surface area contributed by atoms with Gasteiger partial charge in [0.1, 0.15) is 11.6 Å². The second-order valence-electron chi connectivity index (χ2n) is 5.94. The quantitative estimate of drug-likeness (QED) is 0.514. The van der Waals surface area contributed by atoms with Crippen molar-refractivity contribution in [1.82, 2.24) is 9.97 Å². The lowest BCUT2D eigenvalue weighted by Crippen LogP contribution is -2.11. The van der Waals surface area contributed by atoms with Crippen LogP contribution in [0.1, 0.15) is 12.0 Å². The van der Waals surface area contributed by atoms with Gasteiger partial charge in [0.05, 0.1) is 12.6 Å². The molecule has 0 atom stereocenters. The Bertz CT molecular complexity index is 837. The number of rotatable bonds is 9. The normalized spacial score (nSPS) is 10.7. The monoisotopic (exact) mass is 352 g/mol. The van der Waals surface area contributed by atoms with Crippen LogP contribution in [0.2, 0.25) is 0 Å². The summed E-state index contributed by atoms with van der Waals surface area (Å²) in [6, 6.07) is 16.0. The van der Waals surface area contributed by atoms with Crippen molar-refractivity contribution >= 4 is 22.7 Å². The zero-order valence-corrected chi connectivity index (χ0v) is 14.9. The van der Waals surface area contributed by atoms with Crippen molar-refractivity contribution in [2.45, 2.75) is 12.8 Å². The van der Waals surface area contributed by atoms with Crippen LogP contribution in [0.15, 0.2) is 48.5 Å². The summed E-state index contributed by atoms with van der Waals surface area (Å²) in [6.45, 7) is 1.56. The Labute approximate surface area is 153 Å². The van der Waals surface area contributed by atoms with Gasteiger partial charge in [0, 0.05) is 25.1 Å². The van der Waals surface area contributed by atoms with Crippen molar-refractivity contribution in [2.75, 3.05) is 37.4 Å². The zero-order chi connectivity index (χ0) is 18.2. The van der Waals surface area contributed by atoms with E-state index >= 15 is 0 Å². The summed E-state index contributed by atoms with van der Waals surface area (Å²) in [5.41, 5.74) is 2.11. The number of hydrogen-bond donors (Lipinski definition) is 3. The number of hydrogen-bond acceptors (Lipinski definition) is 6. The van der Waals surface area contributed by atoms with Crippen LogP contribution < -0.4 is 15.4 Å². The van der Waals surface area contributed by atoms with Crippen molar-refractivity contribution < 1.29 is 9.84 Å². The third-order valence-electron chi connectivity index (χ3n) is 4.09. The molecule has 0 bridgehead atoms. The van der Waals surface area contributed by atoms with Gasteiger partial charge in [0.25, 0.3) is 0 Å². The van der Waals surface area contributed by atoms with E-state index in [4.69, 9.17) is 9.84 Å². The highest BCUT2D eigenvalue weighted by Gasteiger charge is 2.07. The molecular weight excluding hydrogens is 328 g/mol. The highest BCUT2D eigenvalue weighted by molar-refractivity contribution is 5.89. The summed E-state index contributed by atoms with van der Waals surface area (Å²) < 4.78 is 5.18. The van der Waals surface area contributed by atoms with E-state index in [1.807, 2.05) is 36.4 Å². The van der Waals surface area contributed by atoms with E-state index in [-0.39, 0.29) is 6.61 Å². The molecule has 0 aliphatic carbocycles. The number of methoxy groups -OCH3 is 1. The molecule has 0 unspecified atom stereocenters. The highest BCUT2D eigenvalue weighted by atomic mass is 16.5. The molecule has 1 aromatic heterocycles. The number of fused-ring (bicyclic) bond motifs is 1. The lowest BCUT2D eigenvalue weighted by atomic mass is 10.1. The van der Waals surface area contributed by atoms with Gasteiger partial charge in [0.2, 0.25) is 5.95 Å². The van der Waals surface area contributed by atoms with Gasteiger partial charge in [-0.05, 0) is 42.7 Å². The average Bonchev–Trinajstić information content (AvgIpc) is 2.69. The fourth-order valence-corrected chi connectivity index (χ4v) is 2.69. The maximum Gasteiger partial charge on any atom is 0.225 e. The first-order valence-electron chi connectivity index (χ1n) is 8.78. The maximum atomic E-state index is 8.98. The van der Waals surface area contributed by atoms with E-state index in [1.54, 1.807) is 7.11 Å². The molecule has 26 heavy (non-hydrogen) atoms. The first kappa shape index (κ1) is 17.9. The Morgan fingerprint density at radius 3 is 2.54 bits per heavy atom. The molecule has 3 rings (SSSR count). The number of nitrogens with zero attached hydrogens (tertiary/aromatic N) is 2. The Kier molecular flexibility index (Phi) is 6.22. The van der Waals surface area contributed by atoms with Crippen LogP contribution in [-0.4, -0.2) is 41.9 Å². The molecule has 0 aliphatic heterocycles. The SMILES string of the molecule is COc1ccc(CCNc2nc(NCCCO)c3ccccc3n2)cc1. The van der Waals surface area contributed by atoms with Crippen molar-refractivity contribution in [1.29, 1.82) is 0 Å². The Morgan fingerprint density at radius 2 is 1.77 bits per heavy atom. The van der Waals surface area contributed by atoms with Gasteiger partial charge in [-0.2, -0.15) is 4.98 Å². The Balaban J connectivity index is 1.68. The maximum absolute atomic E-state index is 8.98. The predicted molar refractivity (Wildman–Crippen MR) is 105 cm³/mol. The summed E-state index contributed by atoms with van der Waals surface area (Å²) in [4.78, 5) is 9.19. The first-order chi connectivity index (χ1) is 12.8. The molecule has 3 N–H and O–H groups in total. The fourth-order valence-electron chi connectivity index (χ4n) is 2.69. The highest BCUT2D eigenvalue weighted by Crippen LogP contribution is 2.21. The van der Waals surface area contributed by atoms with Gasteiger partial charge in [0.15, 0.2) is 0 Å². The van der Waals surface area contributed by atoms with E-state index in [0.717, 1.165) is 35.4 Å². The second-order valence-corrected chi connectivity index (χ2v) is 5.94. The minimum absolute atomic E-state index is 0.156. The molecule has 0 saturated carbocycles. The van der Waals surface area contributed by atoms with Crippen LogP contribution >= 0.6 is 0 Å². The minimum atomic E-state index is 0.156. The first-order valence-corrected chi connectivity index (χ1v) is 8.78. The molecule has 6 heteroatoms. The summed E-state index contributed by atoms with van der Waals surface area (Å²) in [5, 5.41) is 16.5. The Hall–Kier alpha value is -2.86. The number of aliphatic hydroxyl groups is 1. The molecule has 0 amide bonds. The average molecular weight is 352 g/mol. The van der Waals surface area contributed by atoms with Gasteiger partial charge in [-0.1, -0.05) is 24.3 Å². The largest absolute Gasteiger partial charge is 0.497 e. The zero-order valence-electron chi connectivity index (χ0n) is 14.9. The molecule has 3 aromatic rings. The predicted octanol–water partition coefficient (Wildman–Crippen LogP) is 3.09. The van der Waals surface area contributed by atoms with Crippen molar-refractivity contribution in [3.63, 3.8) is 0 Å². The molecule has 136 valence electrons. The third kappa shape index (κ3) is 4.61. The smallest absolute Gasteiger partial charge is 0.225 e. The van der Waals surface area contributed by atoms with E-state index < -0.39 is 0 Å². The lowest BCUT2D eigenvalue weighted by molar-refractivity contribution is 0.292. The summed E-state index contributed by atoms with van der Waals surface area (Å²) in [6.07, 6.45) is 1.55. The second kappa shape index (κ2) is 9.01. The number of aliphatic hydroxyl groups excluding tert-OH is 1. The van der Waals surface area contributed by atoms with Gasteiger partial charge in [-0.25, -0.2) is 4.98 Å². The van der Waals surface area contributed by atoms with Gasteiger partial charge >= 0.3 is 0 Å². The number of para-hydroxylation sites is 1. The van der Waals surface area contributed by atoms with E-state index in [9.17, 15) is 0 Å². The number of benzene rings is 2. The fraction of sp³-hybridized carbons (Fsp3) is 0.300. The molecular formula is C20H24N4O2. The number of nitrogens with one attached hydrogen (secondary N) is 2. The summed E-state index contributed by atoms with van der Waals surface area (Å²) in [5.74, 6) is 2.25. The number of aromatic nitrogens is 2. The molecule has 0 saturated heterocycles. The van der Waals surface area contributed by atoms with Crippen LogP contribution in [-0.2, 0) is 6.42 Å². The van der Waals surface area contributed by atoms with E-state index in [0.29, 0.717) is 18.9 Å². The third-order valence-corrected chi connectivity index (χ3v) is 4.09. The van der Waals surface area contributed by atoms with Crippen molar-refractivity contribution in [3.05, 3.63) is 54.1 Å². The number of ether oxygens (including phenoxy) is 1. The van der Waals surface area contributed by atoms with Gasteiger partial charge in [-0.15, -0.1) is 0 Å². The molecule has 0 fully saturated rings. The molecule has 6 nitrogen and oxygen atoms in total.